The van der Waals surface area contributed by atoms with Crippen LogP contribution in [-0.4, -0.2) is 29.0 Å². The van der Waals surface area contributed by atoms with Crippen LogP contribution in [0.3, 0.4) is 0 Å². The standard InChI is InChI=1S/C22H25N3O3S/c1-15-7-12-19(16(2)13-15)23-20(26)14-29-22-25-24-21(28-22)6-4-5-17-8-10-18(27-3)11-9-17/h7-13H,4-6,14H2,1-3H3,(H,23,26). The molecule has 1 heterocycles. The Balaban J connectivity index is 1.41. The molecule has 0 saturated carbocycles. The van der Waals surface area contributed by atoms with Crippen LogP contribution in [0.15, 0.2) is 52.1 Å². The van der Waals surface area contributed by atoms with E-state index in [2.05, 4.69) is 27.6 Å². The third-order valence-corrected chi connectivity index (χ3v) is 5.26. The quantitative estimate of drug-likeness (QED) is 0.519. The molecule has 0 aliphatic heterocycles. The van der Waals surface area contributed by atoms with Crippen LogP contribution >= 0.6 is 11.8 Å². The molecule has 0 bridgehead atoms. The summed E-state index contributed by atoms with van der Waals surface area (Å²) in [4.78, 5) is 12.2. The van der Waals surface area contributed by atoms with Crippen LogP contribution in [-0.2, 0) is 17.6 Å². The molecule has 0 aliphatic rings. The van der Waals surface area contributed by atoms with Crippen molar-refractivity contribution < 1.29 is 13.9 Å². The first-order valence-electron chi connectivity index (χ1n) is 9.48. The highest BCUT2D eigenvalue weighted by atomic mass is 32.2. The van der Waals surface area contributed by atoms with Crippen LogP contribution in [0.25, 0.3) is 0 Å². The van der Waals surface area contributed by atoms with Gasteiger partial charge in [-0.05, 0) is 56.0 Å². The maximum atomic E-state index is 12.2. The van der Waals surface area contributed by atoms with Gasteiger partial charge in [-0.25, -0.2) is 0 Å². The molecule has 152 valence electrons. The number of hydrogen-bond donors (Lipinski definition) is 1. The van der Waals surface area contributed by atoms with Crippen LogP contribution in [0, 0.1) is 13.8 Å². The summed E-state index contributed by atoms with van der Waals surface area (Å²) in [5.41, 5.74) is 4.27. The monoisotopic (exact) mass is 411 g/mol. The fourth-order valence-electron chi connectivity index (χ4n) is 2.90. The topological polar surface area (TPSA) is 77.2 Å². The summed E-state index contributed by atoms with van der Waals surface area (Å²) in [7, 11) is 1.66. The van der Waals surface area contributed by atoms with Crippen molar-refractivity contribution in [1.29, 1.82) is 0 Å². The normalized spacial score (nSPS) is 10.7. The van der Waals surface area contributed by atoms with Gasteiger partial charge in [0.2, 0.25) is 11.8 Å². The lowest BCUT2D eigenvalue weighted by atomic mass is 10.1. The summed E-state index contributed by atoms with van der Waals surface area (Å²) < 4.78 is 10.8. The molecule has 3 rings (SSSR count). The minimum Gasteiger partial charge on any atom is -0.497 e. The second kappa shape index (κ2) is 10.1. The van der Waals surface area contributed by atoms with Crippen molar-refractivity contribution in [3.63, 3.8) is 0 Å². The number of hydrogen-bond acceptors (Lipinski definition) is 6. The number of nitrogens with one attached hydrogen (secondary N) is 1. The van der Waals surface area contributed by atoms with Crippen molar-refractivity contribution in [3.8, 4) is 5.75 Å². The lowest BCUT2D eigenvalue weighted by Crippen LogP contribution is -2.14. The maximum absolute atomic E-state index is 12.2. The van der Waals surface area contributed by atoms with Crippen molar-refractivity contribution in [2.75, 3.05) is 18.2 Å². The Morgan fingerprint density at radius 2 is 1.90 bits per heavy atom. The molecular weight excluding hydrogens is 386 g/mol. The number of ether oxygens (including phenoxy) is 1. The number of methoxy groups -OCH3 is 1. The highest BCUT2D eigenvalue weighted by Gasteiger charge is 2.11. The molecule has 0 unspecified atom stereocenters. The maximum Gasteiger partial charge on any atom is 0.277 e. The van der Waals surface area contributed by atoms with Crippen LogP contribution in [0.1, 0.15) is 29.0 Å². The molecule has 6 nitrogen and oxygen atoms in total. The number of anilines is 1. The fraction of sp³-hybridized carbons (Fsp3) is 0.318. The molecule has 0 fully saturated rings. The third kappa shape index (κ3) is 6.35. The Morgan fingerprint density at radius 3 is 2.62 bits per heavy atom. The van der Waals surface area contributed by atoms with E-state index in [0.29, 0.717) is 17.5 Å². The Hall–Kier alpha value is -2.80. The average molecular weight is 412 g/mol. The minimum atomic E-state index is -0.0961. The zero-order chi connectivity index (χ0) is 20.6. The van der Waals surface area contributed by atoms with Gasteiger partial charge in [-0.15, -0.1) is 10.2 Å². The predicted molar refractivity (Wildman–Crippen MR) is 115 cm³/mol. The molecule has 0 radical (unpaired) electrons. The van der Waals surface area contributed by atoms with Crippen LogP contribution in [0.2, 0.25) is 0 Å². The van der Waals surface area contributed by atoms with Gasteiger partial charge in [-0.1, -0.05) is 41.6 Å². The first kappa shape index (κ1) is 20.9. The molecular formula is C22H25N3O3S. The Bertz CT molecular complexity index is 954. The van der Waals surface area contributed by atoms with Gasteiger partial charge in [0.1, 0.15) is 5.75 Å². The largest absolute Gasteiger partial charge is 0.497 e. The van der Waals surface area contributed by atoms with E-state index < -0.39 is 0 Å². The number of thioether (sulfide) groups is 1. The second-order valence-corrected chi connectivity index (χ2v) is 7.75. The molecule has 0 spiro atoms. The molecule has 0 aliphatic carbocycles. The predicted octanol–water partition coefficient (Wildman–Crippen LogP) is 4.60. The van der Waals surface area contributed by atoms with Gasteiger partial charge in [-0.3, -0.25) is 4.79 Å². The van der Waals surface area contributed by atoms with Gasteiger partial charge < -0.3 is 14.5 Å². The van der Waals surface area contributed by atoms with Crippen molar-refractivity contribution in [2.24, 2.45) is 0 Å². The van der Waals surface area contributed by atoms with E-state index in [4.69, 9.17) is 9.15 Å². The van der Waals surface area contributed by atoms with Gasteiger partial charge in [0, 0.05) is 12.1 Å². The summed E-state index contributed by atoms with van der Waals surface area (Å²) in [6.07, 6.45) is 2.54. The summed E-state index contributed by atoms with van der Waals surface area (Å²) in [6.45, 7) is 4.00. The van der Waals surface area contributed by atoms with E-state index in [0.717, 1.165) is 29.8 Å². The third-order valence-electron chi connectivity index (χ3n) is 4.45. The highest BCUT2D eigenvalue weighted by Crippen LogP contribution is 2.20. The van der Waals surface area contributed by atoms with Crippen LogP contribution in [0.4, 0.5) is 5.69 Å². The Morgan fingerprint density at radius 1 is 1.10 bits per heavy atom. The SMILES string of the molecule is COc1ccc(CCCc2nnc(SCC(=O)Nc3ccc(C)cc3C)o2)cc1. The lowest BCUT2D eigenvalue weighted by Gasteiger charge is -2.08. The number of benzene rings is 2. The number of carbonyl (C=O) groups excluding carboxylic acids is 1. The summed E-state index contributed by atoms with van der Waals surface area (Å²) in [5.74, 6) is 1.58. The van der Waals surface area contributed by atoms with E-state index >= 15 is 0 Å². The minimum absolute atomic E-state index is 0.0961. The number of carbonyl (C=O) groups is 1. The molecule has 0 saturated heterocycles. The molecule has 29 heavy (non-hydrogen) atoms. The molecule has 2 aromatic carbocycles. The van der Waals surface area contributed by atoms with Gasteiger partial charge >= 0.3 is 0 Å². The van der Waals surface area contributed by atoms with E-state index in [9.17, 15) is 4.79 Å². The smallest absolute Gasteiger partial charge is 0.277 e. The molecule has 3 aromatic rings. The Kier molecular flexibility index (Phi) is 7.30. The van der Waals surface area contributed by atoms with Gasteiger partial charge in [-0.2, -0.15) is 0 Å². The first-order valence-corrected chi connectivity index (χ1v) is 10.5. The first-order chi connectivity index (χ1) is 14.0. The highest BCUT2D eigenvalue weighted by molar-refractivity contribution is 7.99. The van der Waals surface area contributed by atoms with Crippen LogP contribution < -0.4 is 10.1 Å². The zero-order valence-electron chi connectivity index (χ0n) is 16.9. The zero-order valence-corrected chi connectivity index (χ0v) is 17.7. The average Bonchev–Trinajstić information content (AvgIpc) is 3.17. The van der Waals surface area contributed by atoms with Crippen molar-refractivity contribution >= 4 is 23.4 Å². The van der Waals surface area contributed by atoms with Crippen molar-refractivity contribution in [2.45, 2.75) is 38.3 Å². The summed E-state index contributed by atoms with van der Waals surface area (Å²) in [5, 5.41) is 11.4. The Labute approximate surface area is 175 Å². The van der Waals surface area contributed by atoms with E-state index in [-0.39, 0.29) is 11.7 Å². The number of nitrogens with zero attached hydrogens (tertiary/aromatic N) is 2. The molecule has 1 N–H and O–H groups in total. The number of amides is 1. The molecule has 0 atom stereocenters. The van der Waals surface area contributed by atoms with Crippen LogP contribution in [0.5, 0.6) is 5.75 Å². The van der Waals surface area contributed by atoms with Gasteiger partial charge in [0.25, 0.3) is 5.22 Å². The van der Waals surface area contributed by atoms with E-state index in [1.54, 1.807) is 7.11 Å². The van der Waals surface area contributed by atoms with Gasteiger partial charge in [0.15, 0.2) is 0 Å². The van der Waals surface area contributed by atoms with E-state index in [1.807, 2.05) is 44.2 Å². The van der Waals surface area contributed by atoms with Gasteiger partial charge in [0.05, 0.1) is 12.9 Å². The lowest BCUT2D eigenvalue weighted by molar-refractivity contribution is -0.113. The molecule has 7 heteroatoms. The number of aryl methyl sites for hydroxylation is 4. The van der Waals surface area contributed by atoms with E-state index in [1.165, 1.54) is 22.9 Å². The summed E-state index contributed by atoms with van der Waals surface area (Å²) in [6, 6.07) is 14.0. The molecule has 1 aromatic heterocycles. The van der Waals surface area contributed by atoms with Crippen molar-refractivity contribution in [1.82, 2.24) is 10.2 Å². The fourth-order valence-corrected chi connectivity index (χ4v) is 3.48. The second-order valence-electron chi connectivity index (χ2n) is 6.82. The number of rotatable bonds is 9. The molecule has 1 amide bonds. The number of aromatic nitrogens is 2. The van der Waals surface area contributed by atoms with Crippen molar-refractivity contribution in [3.05, 3.63) is 65.0 Å². The summed E-state index contributed by atoms with van der Waals surface area (Å²) >= 11 is 1.25.